The van der Waals surface area contributed by atoms with Crippen molar-refractivity contribution in [1.82, 2.24) is 14.8 Å². The van der Waals surface area contributed by atoms with Gasteiger partial charge in [0.15, 0.2) is 0 Å². The SMILES string of the molecule is Cc1nn(-c2[c-]c(Oc3[c-]c(Oc4[c-]nccc4)ccc3)ccc2)c(C)c1-c1ccc(-c2ccccc2)cc1.[Pt]. The minimum Gasteiger partial charge on any atom is -0.509 e. The third-order valence-corrected chi connectivity index (χ3v) is 6.32. The van der Waals surface area contributed by atoms with Crippen LogP contribution in [0.1, 0.15) is 11.4 Å². The van der Waals surface area contributed by atoms with E-state index in [1.807, 2.05) is 48.0 Å². The monoisotopic (exact) mass is 701 g/mol. The molecule has 0 fully saturated rings. The van der Waals surface area contributed by atoms with Crippen LogP contribution in [0.15, 0.2) is 109 Å². The Labute approximate surface area is 248 Å². The van der Waals surface area contributed by atoms with Crippen molar-refractivity contribution in [2.75, 3.05) is 0 Å². The number of nitrogens with zero attached hydrogens (tertiary/aromatic N) is 3. The van der Waals surface area contributed by atoms with Crippen LogP contribution in [0.25, 0.3) is 27.9 Å². The molecule has 6 heteroatoms. The van der Waals surface area contributed by atoms with Crippen molar-refractivity contribution >= 4 is 0 Å². The van der Waals surface area contributed by atoms with Gasteiger partial charge in [-0.15, -0.1) is 36.4 Å². The fraction of sp³-hybridized carbons (Fsp3) is 0.0588. The summed E-state index contributed by atoms with van der Waals surface area (Å²) in [5.41, 5.74) is 7.39. The molecule has 0 unspecified atom stereocenters. The van der Waals surface area contributed by atoms with Gasteiger partial charge in [-0.05, 0) is 42.4 Å². The number of ether oxygens (including phenoxy) is 2. The molecule has 40 heavy (non-hydrogen) atoms. The second-order valence-electron chi connectivity index (χ2n) is 9.00. The molecule has 0 atom stereocenters. The second-order valence-corrected chi connectivity index (χ2v) is 9.00. The largest absolute Gasteiger partial charge is 0.509 e. The molecule has 2 aromatic heterocycles. The maximum atomic E-state index is 6.08. The Morgan fingerprint density at radius 3 is 1.90 bits per heavy atom. The van der Waals surface area contributed by atoms with Gasteiger partial charge in [-0.25, -0.2) is 0 Å². The van der Waals surface area contributed by atoms with E-state index in [1.165, 1.54) is 11.1 Å². The van der Waals surface area contributed by atoms with Gasteiger partial charge in [0.25, 0.3) is 0 Å². The van der Waals surface area contributed by atoms with Crippen LogP contribution in [0.3, 0.4) is 0 Å². The number of benzene rings is 4. The van der Waals surface area contributed by atoms with Crippen molar-refractivity contribution in [3.8, 4) is 50.9 Å². The Morgan fingerprint density at radius 1 is 0.600 bits per heavy atom. The summed E-state index contributed by atoms with van der Waals surface area (Å²) in [5, 5.41) is 4.84. The Bertz CT molecular complexity index is 1720. The number of pyridine rings is 1. The summed E-state index contributed by atoms with van der Waals surface area (Å²) in [6, 6.07) is 40.3. The van der Waals surface area contributed by atoms with Crippen molar-refractivity contribution < 1.29 is 30.5 Å². The summed E-state index contributed by atoms with van der Waals surface area (Å²) in [7, 11) is 0. The average Bonchev–Trinajstić information content (AvgIpc) is 3.28. The molecule has 0 aliphatic carbocycles. The van der Waals surface area contributed by atoms with Gasteiger partial charge in [-0.2, -0.15) is 23.3 Å². The van der Waals surface area contributed by atoms with Crippen LogP contribution in [0.2, 0.25) is 0 Å². The van der Waals surface area contributed by atoms with E-state index in [-0.39, 0.29) is 21.1 Å². The number of hydrogen-bond donors (Lipinski definition) is 0. The molecule has 0 bridgehead atoms. The summed E-state index contributed by atoms with van der Waals surface area (Å²) in [5.74, 6) is 2.08. The Hall–Kier alpha value is -4.47. The standard InChI is InChI=1S/C34H24N3O2.Pt/c1-24-34(28-18-16-27(17-19-28)26-9-4-3-5-10-26)25(2)37(36-24)29-11-6-12-30(21-29)38-31-13-7-14-32(22-31)39-33-15-8-20-35-23-33;/h3-20H,1-2H3;/q-3;. The van der Waals surface area contributed by atoms with Gasteiger partial charge in [-0.1, -0.05) is 66.9 Å². The van der Waals surface area contributed by atoms with Crippen LogP contribution < -0.4 is 9.47 Å². The van der Waals surface area contributed by atoms with Crippen molar-refractivity contribution in [1.29, 1.82) is 0 Å². The summed E-state index contributed by atoms with van der Waals surface area (Å²) in [6.07, 6.45) is 4.44. The van der Waals surface area contributed by atoms with E-state index >= 15 is 0 Å². The molecule has 5 nitrogen and oxygen atoms in total. The van der Waals surface area contributed by atoms with Gasteiger partial charge in [-0.3, -0.25) is 4.68 Å². The molecule has 0 saturated carbocycles. The molecular formula is C34H24N3O2Pt-3. The zero-order chi connectivity index (χ0) is 26.6. The van der Waals surface area contributed by atoms with Crippen LogP contribution in [0, 0.1) is 32.2 Å². The Balaban J connectivity index is 0.00000323. The van der Waals surface area contributed by atoms with Crippen LogP contribution >= 0.6 is 0 Å². The first-order valence-corrected chi connectivity index (χ1v) is 12.6. The van der Waals surface area contributed by atoms with E-state index in [2.05, 4.69) is 78.8 Å². The Morgan fingerprint density at radius 2 is 1.20 bits per heavy atom. The third kappa shape index (κ3) is 5.90. The fourth-order valence-electron chi connectivity index (χ4n) is 4.53. The molecule has 6 aromatic rings. The molecule has 0 spiro atoms. The van der Waals surface area contributed by atoms with Crippen molar-refractivity contribution in [2.24, 2.45) is 0 Å². The van der Waals surface area contributed by atoms with E-state index in [1.54, 1.807) is 24.4 Å². The van der Waals surface area contributed by atoms with Crippen molar-refractivity contribution in [3.63, 3.8) is 0 Å². The summed E-state index contributed by atoms with van der Waals surface area (Å²) < 4.78 is 13.8. The first kappa shape index (κ1) is 27.1. The van der Waals surface area contributed by atoms with Gasteiger partial charge < -0.3 is 14.5 Å². The molecule has 6 rings (SSSR count). The summed E-state index contributed by atoms with van der Waals surface area (Å²) >= 11 is 0. The molecule has 0 radical (unpaired) electrons. The molecular weight excluding hydrogens is 677 g/mol. The van der Waals surface area contributed by atoms with E-state index in [0.717, 1.165) is 28.2 Å². The topological polar surface area (TPSA) is 49.2 Å². The van der Waals surface area contributed by atoms with Crippen molar-refractivity contribution in [3.05, 3.63) is 139 Å². The maximum Gasteiger partial charge on any atom is 0.0678 e. The van der Waals surface area contributed by atoms with Crippen LogP contribution in [-0.4, -0.2) is 14.8 Å². The van der Waals surface area contributed by atoms with Crippen LogP contribution in [0.5, 0.6) is 23.0 Å². The van der Waals surface area contributed by atoms with Gasteiger partial charge >= 0.3 is 0 Å². The molecule has 0 saturated heterocycles. The minimum atomic E-state index is 0. The quantitative estimate of drug-likeness (QED) is 0.158. The predicted molar refractivity (Wildman–Crippen MR) is 151 cm³/mol. The normalized spacial score (nSPS) is 10.6. The van der Waals surface area contributed by atoms with Crippen molar-refractivity contribution in [2.45, 2.75) is 13.8 Å². The summed E-state index contributed by atoms with van der Waals surface area (Å²) in [4.78, 5) is 3.95. The third-order valence-electron chi connectivity index (χ3n) is 6.32. The molecule has 0 aliphatic rings. The first-order chi connectivity index (χ1) is 19.1. The number of aryl methyl sites for hydroxylation is 1. The molecule has 0 N–H and O–H groups in total. The zero-order valence-electron chi connectivity index (χ0n) is 21.9. The fourth-order valence-corrected chi connectivity index (χ4v) is 4.53. The van der Waals surface area contributed by atoms with Crippen LogP contribution in [0.4, 0.5) is 0 Å². The minimum absolute atomic E-state index is 0. The van der Waals surface area contributed by atoms with Crippen LogP contribution in [-0.2, 0) is 21.1 Å². The first-order valence-electron chi connectivity index (χ1n) is 12.6. The molecule has 0 aliphatic heterocycles. The smallest absolute Gasteiger partial charge is 0.0678 e. The van der Waals surface area contributed by atoms with Gasteiger partial charge in [0.05, 0.1) is 5.69 Å². The number of rotatable bonds is 7. The molecule has 2 heterocycles. The molecule has 0 amide bonds. The van der Waals surface area contributed by atoms with Gasteiger partial charge in [0, 0.05) is 55.3 Å². The van der Waals surface area contributed by atoms with E-state index in [4.69, 9.17) is 14.6 Å². The maximum absolute atomic E-state index is 6.08. The van der Waals surface area contributed by atoms with E-state index in [0.29, 0.717) is 23.0 Å². The molecule has 4 aromatic carbocycles. The number of aromatic nitrogens is 3. The molecule has 200 valence electrons. The zero-order valence-corrected chi connectivity index (χ0v) is 24.1. The second kappa shape index (κ2) is 12.1. The predicted octanol–water partition coefficient (Wildman–Crippen LogP) is 8.20. The number of hydrogen-bond acceptors (Lipinski definition) is 4. The average molecular weight is 702 g/mol. The van der Waals surface area contributed by atoms with E-state index in [9.17, 15) is 0 Å². The Kier molecular flexibility index (Phi) is 8.23. The van der Waals surface area contributed by atoms with E-state index < -0.39 is 0 Å². The van der Waals surface area contributed by atoms with Gasteiger partial charge in [0.1, 0.15) is 0 Å². The summed E-state index contributed by atoms with van der Waals surface area (Å²) in [6.45, 7) is 4.11. The van der Waals surface area contributed by atoms with Gasteiger partial charge in [0.2, 0.25) is 0 Å².